The topological polar surface area (TPSA) is 55.4 Å². The molecule has 2 aliphatic heterocycles. The predicted octanol–water partition coefficient (Wildman–Crippen LogP) is 5.08. The molecule has 0 bridgehead atoms. The number of pyridine rings is 1. The summed E-state index contributed by atoms with van der Waals surface area (Å²) in [6, 6.07) is 9.95. The highest BCUT2D eigenvalue weighted by molar-refractivity contribution is 6.41. The number of aliphatic hydroxyl groups is 1. The first-order valence-electron chi connectivity index (χ1n) is 10.3. The summed E-state index contributed by atoms with van der Waals surface area (Å²) in [4.78, 5) is 12.7. The molecule has 158 valence electrons. The van der Waals surface area contributed by atoms with Crippen LogP contribution in [0, 0.1) is 0 Å². The first kappa shape index (κ1) is 20.4. The summed E-state index contributed by atoms with van der Waals surface area (Å²) in [5.74, 6) is 0.866. The fraction of sp³-hybridized carbons (Fsp3) is 0.409. The zero-order valence-electron chi connectivity index (χ0n) is 16.4. The van der Waals surface area contributed by atoms with Crippen LogP contribution in [0.2, 0.25) is 15.2 Å². The number of halogens is 3. The largest absolute Gasteiger partial charge is 0.394 e. The van der Waals surface area contributed by atoms with Crippen molar-refractivity contribution in [3.05, 3.63) is 56.8 Å². The van der Waals surface area contributed by atoms with E-state index in [2.05, 4.69) is 19.8 Å². The lowest BCUT2D eigenvalue weighted by molar-refractivity contribution is 0.106. The maximum Gasteiger partial charge on any atom is 0.150 e. The lowest BCUT2D eigenvalue weighted by Crippen LogP contribution is -2.45. The van der Waals surface area contributed by atoms with E-state index in [4.69, 9.17) is 34.8 Å². The Morgan fingerprint density at radius 2 is 2.00 bits per heavy atom. The first-order valence-corrected chi connectivity index (χ1v) is 11.4. The quantitative estimate of drug-likeness (QED) is 0.527. The molecular weight excluding hydrogens is 443 g/mol. The number of nitrogens with zero attached hydrogens (tertiary/aromatic N) is 3. The van der Waals surface area contributed by atoms with Gasteiger partial charge in [0.05, 0.1) is 17.7 Å². The van der Waals surface area contributed by atoms with E-state index in [9.17, 15) is 5.11 Å². The van der Waals surface area contributed by atoms with Crippen molar-refractivity contribution in [2.24, 2.45) is 0 Å². The highest BCUT2D eigenvalue weighted by atomic mass is 35.5. The maximum absolute atomic E-state index is 10.3. The third-order valence-corrected chi connectivity index (χ3v) is 7.33. The number of hydrogen-bond acceptors (Lipinski definition) is 4. The summed E-state index contributed by atoms with van der Waals surface area (Å²) in [5.41, 5.74) is 3.46. The summed E-state index contributed by atoms with van der Waals surface area (Å²) >= 11 is 18.4. The zero-order valence-corrected chi connectivity index (χ0v) is 18.7. The van der Waals surface area contributed by atoms with Crippen LogP contribution in [0.15, 0.2) is 30.3 Å². The van der Waals surface area contributed by atoms with E-state index in [0.717, 1.165) is 66.3 Å². The normalized spacial score (nSPS) is 22.1. The number of hydrogen-bond donors (Lipinski definition) is 2. The Morgan fingerprint density at radius 3 is 2.80 bits per heavy atom. The minimum atomic E-state index is -0.0517. The fourth-order valence-corrected chi connectivity index (χ4v) is 5.41. The molecule has 0 amide bonds. The predicted molar refractivity (Wildman–Crippen MR) is 123 cm³/mol. The number of aliphatic hydroxyl groups excluding tert-OH is 1. The van der Waals surface area contributed by atoms with E-state index >= 15 is 0 Å². The summed E-state index contributed by atoms with van der Waals surface area (Å²) in [6.45, 7) is 2.79. The number of nitrogens with one attached hydrogen (secondary N) is 1. The van der Waals surface area contributed by atoms with Crippen molar-refractivity contribution >= 4 is 51.5 Å². The number of fused-ring (bicyclic) bond motifs is 3. The smallest absolute Gasteiger partial charge is 0.150 e. The first-order chi connectivity index (χ1) is 14.5. The molecule has 8 heteroatoms. The summed E-state index contributed by atoms with van der Waals surface area (Å²) in [7, 11) is 0. The molecule has 1 fully saturated rings. The van der Waals surface area contributed by atoms with E-state index in [0.29, 0.717) is 16.2 Å². The second kappa shape index (κ2) is 8.21. The summed E-state index contributed by atoms with van der Waals surface area (Å²) in [6.07, 6.45) is 3.13. The van der Waals surface area contributed by atoms with Gasteiger partial charge in [0.25, 0.3) is 0 Å². The summed E-state index contributed by atoms with van der Waals surface area (Å²) < 4.78 is 0. The van der Waals surface area contributed by atoms with Crippen molar-refractivity contribution in [2.45, 2.75) is 31.3 Å². The van der Waals surface area contributed by atoms with Crippen LogP contribution in [0.25, 0.3) is 10.9 Å². The van der Waals surface area contributed by atoms with Gasteiger partial charge in [-0.3, -0.25) is 4.90 Å². The van der Waals surface area contributed by atoms with Gasteiger partial charge in [-0.1, -0.05) is 34.8 Å². The van der Waals surface area contributed by atoms with Gasteiger partial charge >= 0.3 is 0 Å². The maximum atomic E-state index is 10.3. The van der Waals surface area contributed by atoms with Crippen molar-refractivity contribution in [3.63, 3.8) is 0 Å². The molecule has 5 nitrogen and oxygen atoms in total. The molecule has 30 heavy (non-hydrogen) atoms. The molecule has 0 aliphatic carbocycles. The molecule has 2 aromatic heterocycles. The molecule has 1 saturated heterocycles. The van der Waals surface area contributed by atoms with Crippen molar-refractivity contribution < 1.29 is 5.11 Å². The van der Waals surface area contributed by atoms with Gasteiger partial charge in [0, 0.05) is 47.3 Å². The number of benzene rings is 1. The number of H-pyrrole nitrogens is 1. The van der Waals surface area contributed by atoms with Crippen LogP contribution in [0.3, 0.4) is 0 Å². The molecule has 4 heterocycles. The SMILES string of the molecule is OCC1c2[nH]c3ccc(Cl)cc3c2CCN1CC1CCCN1c1ccc(Cl)c(Cl)n1. The number of aromatic amines is 1. The molecule has 5 rings (SSSR count). The lowest BCUT2D eigenvalue weighted by atomic mass is 9.97. The van der Waals surface area contributed by atoms with Gasteiger partial charge in [0.1, 0.15) is 11.0 Å². The van der Waals surface area contributed by atoms with Crippen LogP contribution in [-0.2, 0) is 6.42 Å². The monoisotopic (exact) mass is 464 g/mol. The Hall–Kier alpha value is -1.50. The standard InChI is InChI=1S/C22H23Cl3N4O/c23-13-3-5-18-16(10-13)15-7-9-28(19(12-30)21(15)26-18)11-14-2-1-8-29(14)20-6-4-17(24)22(25)27-20/h3-6,10,14,19,26,30H,1-2,7-9,11-12H2. The second-order valence-corrected chi connectivity index (χ2v) is 9.28. The van der Waals surface area contributed by atoms with Gasteiger partial charge < -0.3 is 15.0 Å². The lowest BCUT2D eigenvalue weighted by Gasteiger charge is -2.38. The van der Waals surface area contributed by atoms with Crippen LogP contribution in [-0.4, -0.2) is 52.3 Å². The second-order valence-electron chi connectivity index (χ2n) is 8.08. The van der Waals surface area contributed by atoms with Crippen LogP contribution in [0.4, 0.5) is 5.82 Å². The summed E-state index contributed by atoms with van der Waals surface area (Å²) in [5, 5.41) is 13.0. The van der Waals surface area contributed by atoms with Crippen LogP contribution >= 0.6 is 34.8 Å². The fourth-order valence-electron chi connectivity index (χ4n) is 4.98. The Kier molecular flexibility index (Phi) is 5.58. The zero-order chi connectivity index (χ0) is 20.8. The van der Waals surface area contributed by atoms with Gasteiger partial charge in [-0.25, -0.2) is 4.98 Å². The van der Waals surface area contributed by atoms with Crippen LogP contribution < -0.4 is 4.90 Å². The van der Waals surface area contributed by atoms with Crippen molar-refractivity contribution in [1.29, 1.82) is 0 Å². The van der Waals surface area contributed by atoms with Crippen molar-refractivity contribution in [3.8, 4) is 0 Å². The van der Waals surface area contributed by atoms with Gasteiger partial charge in [-0.05, 0) is 55.2 Å². The molecule has 2 unspecified atom stereocenters. The Balaban J connectivity index is 1.40. The third-order valence-electron chi connectivity index (χ3n) is 6.40. The number of anilines is 1. The van der Waals surface area contributed by atoms with E-state index in [1.165, 1.54) is 5.56 Å². The Labute approximate surface area is 190 Å². The van der Waals surface area contributed by atoms with E-state index in [1.54, 1.807) is 6.07 Å². The molecule has 3 aromatic rings. The average Bonchev–Trinajstić information content (AvgIpc) is 3.34. The van der Waals surface area contributed by atoms with Crippen LogP contribution in [0.5, 0.6) is 0 Å². The molecule has 2 N–H and O–H groups in total. The van der Waals surface area contributed by atoms with Crippen molar-refractivity contribution in [2.75, 3.05) is 31.1 Å². The van der Waals surface area contributed by atoms with Crippen molar-refractivity contribution in [1.82, 2.24) is 14.9 Å². The van der Waals surface area contributed by atoms with E-state index < -0.39 is 0 Å². The molecule has 0 saturated carbocycles. The highest BCUT2D eigenvalue weighted by Gasteiger charge is 2.34. The molecule has 2 atom stereocenters. The van der Waals surface area contributed by atoms with E-state index in [1.807, 2.05) is 24.3 Å². The number of rotatable bonds is 4. The molecule has 0 radical (unpaired) electrons. The van der Waals surface area contributed by atoms with Gasteiger partial charge in [-0.2, -0.15) is 0 Å². The van der Waals surface area contributed by atoms with Gasteiger partial charge in [0.15, 0.2) is 0 Å². The van der Waals surface area contributed by atoms with Gasteiger partial charge in [0.2, 0.25) is 0 Å². The Bertz CT molecular complexity index is 1090. The molecular formula is C22H23Cl3N4O. The number of aromatic nitrogens is 2. The molecule has 2 aliphatic rings. The minimum absolute atomic E-state index is 0.0517. The van der Waals surface area contributed by atoms with Crippen LogP contribution in [0.1, 0.15) is 30.1 Å². The average molecular weight is 466 g/mol. The third kappa shape index (κ3) is 3.57. The highest BCUT2D eigenvalue weighted by Crippen LogP contribution is 2.37. The van der Waals surface area contributed by atoms with Gasteiger partial charge in [-0.15, -0.1) is 0 Å². The molecule has 0 spiro atoms. The minimum Gasteiger partial charge on any atom is -0.394 e. The molecule has 1 aromatic carbocycles. The Morgan fingerprint density at radius 1 is 1.13 bits per heavy atom. The van der Waals surface area contributed by atoms with E-state index in [-0.39, 0.29) is 12.6 Å².